The predicted molar refractivity (Wildman–Crippen MR) is 103 cm³/mol. The van der Waals surface area contributed by atoms with Crippen molar-refractivity contribution >= 4 is 17.5 Å². The summed E-state index contributed by atoms with van der Waals surface area (Å²) in [6, 6.07) is 15.0. The highest BCUT2D eigenvalue weighted by Crippen LogP contribution is 2.17. The van der Waals surface area contributed by atoms with Crippen LogP contribution in [-0.4, -0.2) is 41.9 Å². The molecule has 5 nitrogen and oxygen atoms in total. The van der Waals surface area contributed by atoms with E-state index in [1.54, 1.807) is 30.3 Å². The molecule has 2 aromatic rings. The van der Waals surface area contributed by atoms with E-state index in [1.165, 1.54) is 6.07 Å². The van der Waals surface area contributed by atoms with Crippen LogP contribution in [0.2, 0.25) is 0 Å². The van der Waals surface area contributed by atoms with Crippen LogP contribution in [0.5, 0.6) is 0 Å². The van der Waals surface area contributed by atoms with Crippen molar-refractivity contribution in [2.75, 3.05) is 18.4 Å². The molecule has 1 aliphatic heterocycles. The van der Waals surface area contributed by atoms with Crippen LogP contribution < -0.4 is 10.6 Å². The Morgan fingerprint density at radius 1 is 1.04 bits per heavy atom. The van der Waals surface area contributed by atoms with Gasteiger partial charge in [-0.15, -0.1) is 0 Å². The number of nitrogens with zero attached hydrogens (tertiary/aromatic N) is 1. The van der Waals surface area contributed by atoms with E-state index in [2.05, 4.69) is 15.5 Å². The van der Waals surface area contributed by atoms with Gasteiger partial charge in [0.05, 0.1) is 11.7 Å². The smallest absolute Gasteiger partial charge is 0.251 e. The molecule has 1 atom stereocenters. The van der Waals surface area contributed by atoms with Gasteiger partial charge in [0.2, 0.25) is 5.91 Å². The summed E-state index contributed by atoms with van der Waals surface area (Å²) < 4.78 is 13.7. The number of piperidine rings is 1. The Balaban J connectivity index is 1.49. The molecule has 1 unspecified atom stereocenters. The van der Waals surface area contributed by atoms with Gasteiger partial charge in [0.25, 0.3) is 5.91 Å². The van der Waals surface area contributed by atoms with E-state index in [4.69, 9.17) is 0 Å². The molecule has 1 heterocycles. The van der Waals surface area contributed by atoms with Crippen LogP contribution >= 0.6 is 0 Å². The molecule has 1 saturated heterocycles. The average Bonchev–Trinajstić information content (AvgIpc) is 2.70. The summed E-state index contributed by atoms with van der Waals surface area (Å²) in [7, 11) is 0. The molecule has 1 fully saturated rings. The maximum Gasteiger partial charge on any atom is 0.251 e. The molecule has 27 heavy (non-hydrogen) atoms. The SMILES string of the molecule is CC(C(=O)Nc1ccccc1F)N1CCC(NC(=O)c2ccccc2)CC1. The van der Waals surface area contributed by atoms with Crippen molar-refractivity contribution in [3.8, 4) is 0 Å². The Morgan fingerprint density at radius 2 is 1.67 bits per heavy atom. The van der Waals surface area contributed by atoms with Crippen molar-refractivity contribution in [2.24, 2.45) is 0 Å². The van der Waals surface area contributed by atoms with Crippen LogP contribution in [0.3, 0.4) is 0 Å². The number of halogens is 1. The molecular weight excluding hydrogens is 345 g/mol. The highest BCUT2D eigenvalue weighted by atomic mass is 19.1. The van der Waals surface area contributed by atoms with E-state index in [0.29, 0.717) is 18.7 Å². The van der Waals surface area contributed by atoms with E-state index in [-0.39, 0.29) is 29.6 Å². The van der Waals surface area contributed by atoms with Crippen LogP contribution in [-0.2, 0) is 4.79 Å². The zero-order valence-corrected chi connectivity index (χ0v) is 15.3. The van der Waals surface area contributed by atoms with Crippen LogP contribution in [0.25, 0.3) is 0 Å². The van der Waals surface area contributed by atoms with E-state index < -0.39 is 5.82 Å². The minimum atomic E-state index is -0.444. The van der Waals surface area contributed by atoms with Crippen LogP contribution in [0.4, 0.5) is 10.1 Å². The largest absolute Gasteiger partial charge is 0.349 e. The Labute approximate surface area is 158 Å². The lowest BCUT2D eigenvalue weighted by Crippen LogP contribution is -2.50. The van der Waals surface area contributed by atoms with E-state index in [1.807, 2.05) is 25.1 Å². The van der Waals surface area contributed by atoms with Crippen LogP contribution in [0, 0.1) is 5.82 Å². The summed E-state index contributed by atoms with van der Waals surface area (Å²) in [6.07, 6.45) is 1.55. The number of likely N-dealkylation sites (tertiary alicyclic amines) is 1. The standard InChI is InChI=1S/C21H24FN3O2/c1-15(20(26)24-19-10-6-5-9-18(19)22)25-13-11-17(12-14-25)23-21(27)16-7-3-2-4-8-16/h2-10,15,17H,11-14H2,1H3,(H,23,27)(H,24,26). The molecule has 6 heteroatoms. The molecule has 0 aliphatic carbocycles. The summed E-state index contributed by atoms with van der Waals surface area (Å²) in [6.45, 7) is 3.22. The lowest BCUT2D eigenvalue weighted by atomic mass is 10.0. The number of hydrogen-bond acceptors (Lipinski definition) is 3. The fourth-order valence-electron chi connectivity index (χ4n) is 3.25. The van der Waals surface area contributed by atoms with Crippen molar-refractivity contribution in [3.05, 3.63) is 66.0 Å². The van der Waals surface area contributed by atoms with E-state index in [9.17, 15) is 14.0 Å². The van der Waals surface area contributed by atoms with Gasteiger partial charge in [0.15, 0.2) is 0 Å². The minimum Gasteiger partial charge on any atom is -0.349 e. The Kier molecular flexibility index (Phi) is 6.19. The molecule has 0 spiro atoms. The zero-order valence-electron chi connectivity index (χ0n) is 15.3. The number of nitrogens with one attached hydrogen (secondary N) is 2. The minimum absolute atomic E-state index is 0.0700. The van der Waals surface area contributed by atoms with E-state index in [0.717, 1.165) is 12.8 Å². The number of anilines is 1. The number of benzene rings is 2. The number of carbonyl (C=O) groups is 2. The molecule has 0 aromatic heterocycles. The molecule has 1 aliphatic rings. The number of rotatable bonds is 5. The second-order valence-electron chi connectivity index (χ2n) is 6.79. The van der Waals surface area contributed by atoms with Gasteiger partial charge in [0, 0.05) is 24.7 Å². The molecule has 2 aromatic carbocycles. The second kappa shape index (κ2) is 8.77. The van der Waals surface area contributed by atoms with Gasteiger partial charge in [-0.05, 0) is 44.0 Å². The number of hydrogen-bond donors (Lipinski definition) is 2. The first-order valence-corrected chi connectivity index (χ1v) is 9.20. The Bertz CT molecular complexity index is 789. The highest BCUT2D eigenvalue weighted by molar-refractivity contribution is 5.95. The summed E-state index contributed by atoms with van der Waals surface area (Å²) in [5, 5.41) is 5.70. The normalized spacial score (nSPS) is 16.5. The molecule has 3 rings (SSSR count). The van der Waals surface area contributed by atoms with Crippen LogP contribution in [0.15, 0.2) is 54.6 Å². The third kappa shape index (κ3) is 4.92. The van der Waals surface area contributed by atoms with Crippen molar-refractivity contribution in [3.63, 3.8) is 0 Å². The van der Waals surface area contributed by atoms with Crippen molar-refractivity contribution in [1.29, 1.82) is 0 Å². The summed E-state index contributed by atoms with van der Waals surface area (Å²) >= 11 is 0. The van der Waals surface area contributed by atoms with Gasteiger partial charge in [-0.2, -0.15) is 0 Å². The lowest BCUT2D eigenvalue weighted by Gasteiger charge is -2.35. The van der Waals surface area contributed by atoms with Gasteiger partial charge in [-0.3, -0.25) is 14.5 Å². The first kappa shape index (κ1) is 19.0. The number of amides is 2. The fraction of sp³-hybridized carbons (Fsp3) is 0.333. The molecule has 142 valence electrons. The molecule has 0 radical (unpaired) electrons. The first-order valence-electron chi connectivity index (χ1n) is 9.20. The zero-order chi connectivity index (χ0) is 19.2. The first-order chi connectivity index (χ1) is 13.0. The second-order valence-corrected chi connectivity index (χ2v) is 6.79. The molecule has 0 bridgehead atoms. The summed E-state index contributed by atoms with van der Waals surface area (Å²) in [5.74, 6) is -0.744. The van der Waals surface area contributed by atoms with E-state index >= 15 is 0 Å². The van der Waals surface area contributed by atoms with Crippen LogP contribution in [0.1, 0.15) is 30.1 Å². The van der Waals surface area contributed by atoms with Gasteiger partial charge in [-0.25, -0.2) is 4.39 Å². The van der Waals surface area contributed by atoms with Gasteiger partial charge in [-0.1, -0.05) is 30.3 Å². The molecular formula is C21H24FN3O2. The Morgan fingerprint density at radius 3 is 2.33 bits per heavy atom. The van der Waals surface area contributed by atoms with Crippen molar-refractivity contribution in [2.45, 2.75) is 31.8 Å². The highest BCUT2D eigenvalue weighted by Gasteiger charge is 2.27. The van der Waals surface area contributed by atoms with Crippen molar-refractivity contribution < 1.29 is 14.0 Å². The summed E-state index contributed by atoms with van der Waals surface area (Å²) in [5.41, 5.74) is 0.844. The van der Waals surface area contributed by atoms with Crippen molar-refractivity contribution in [1.82, 2.24) is 10.2 Å². The third-order valence-electron chi connectivity index (χ3n) is 4.96. The number of carbonyl (C=O) groups excluding carboxylic acids is 2. The monoisotopic (exact) mass is 369 g/mol. The topological polar surface area (TPSA) is 61.4 Å². The molecule has 2 N–H and O–H groups in total. The summed E-state index contributed by atoms with van der Waals surface area (Å²) in [4.78, 5) is 26.7. The quantitative estimate of drug-likeness (QED) is 0.852. The molecule has 2 amide bonds. The Hall–Kier alpha value is -2.73. The van der Waals surface area contributed by atoms with Gasteiger partial charge >= 0.3 is 0 Å². The third-order valence-corrected chi connectivity index (χ3v) is 4.96. The lowest BCUT2D eigenvalue weighted by molar-refractivity contribution is -0.121. The predicted octanol–water partition coefficient (Wildman–Crippen LogP) is 3.05. The maximum atomic E-state index is 13.7. The van der Waals surface area contributed by atoms with Gasteiger partial charge in [0.1, 0.15) is 5.82 Å². The molecule has 0 saturated carbocycles. The van der Waals surface area contributed by atoms with Gasteiger partial charge < -0.3 is 10.6 Å². The fourth-order valence-corrected chi connectivity index (χ4v) is 3.25. The maximum absolute atomic E-state index is 13.7. The average molecular weight is 369 g/mol. The number of para-hydroxylation sites is 1.